The molecule has 3 rings (SSSR count). The van der Waals surface area contributed by atoms with E-state index in [1.54, 1.807) is 47.2 Å². The van der Waals surface area contributed by atoms with E-state index < -0.39 is 0 Å². The molecule has 0 atom stereocenters. The highest BCUT2D eigenvalue weighted by atomic mass is 16.2. The molecule has 0 bridgehead atoms. The molecule has 24 heavy (non-hydrogen) atoms. The minimum Gasteiger partial charge on any atom is -0.337 e. The van der Waals surface area contributed by atoms with Crippen LogP contribution in [0.25, 0.3) is 5.69 Å². The summed E-state index contributed by atoms with van der Waals surface area (Å²) in [6, 6.07) is 16.5. The van der Waals surface area contributed by atoms with E-state index in [0.29, 0.717) is 17.7 Å². The second-order valence-electron chi connectivity index (χ2n) is 5.36. The Balaban J connectivity index is 1.69. The van der Waals surface area contributed by atoms with Crippen molar-refractivity contribution >= 4 is 5.91 Å². The molecule has 1 aromatic heterocycles. The van der Waals surface area contributed by atoms with Gasteiger partial charge in [-0.25, -0.2) is 9.67 Å². The average molecular weight is 317 g/mol. The molecule has 0 saturated carbocycles. The van der Waals surface area contributed by atoms with Gasteiger partial charge in [-0.05, 0) is 42.0 Å². The first kappa shape index (κ1) is 15.4. The Morgan fingerprint density at radius 1 is 1.17 bits per heavy atom. The van der Waals surface area contributed by atoms with Gasteiger partial charge >= 0.3 is 0 Å². The third kappa shape index (κ3) is 3.31. The molecule has 6 nitrogen and oxygen atoms in total. The molecule has 1 heterocycles. The number of aromatic nitrogens is 3. The molecule has 0 aliphatic heterocycles. The number of carbonyl (C=O) groups is 1. The van der Waals surface area contributed by atoms with E-state index in [1.165, 1.54) is 6.33 Å². The van der Waals surface area contributed by atoms with E-state index in [-0.39, 0.29) is 5.91 Å². The van der Waals surface area contributed by atoms with Crippen LogP contribution in [0.4, 0.5) is 0 Å². The zero-order chi connectivity index (χ0) is 16.9. The van der Waals surface area contributed by atoms with Crippen LogP contribution in [0, 0.1) is 11.3 Å². The fourth-order valence-corrected chi connectivity index (χ4v) is 2.35. The Kier molecular flexibility index (Phi) is 4.34. The lowest BCUT2D eigenvalue weighted by Gasteiger charge is -2.17. The standard InChI is InChI=1S/C18H15N5O/c1-22(11-15-4-2-14(10-19)3-5-15)18(24)16-6-8-17(9-7-16)23-13-20-12-21-23/h2-9,12-13H,11H2,1H3. The Hall–Kier alpha value is -3.46. The zero-order valence-corrected chi connectivity index (χ0v) is 13.1. The molecule has 0 saturated heterocycles. The van der Waals surface area contributed by atoms with Gasteiger partial charge in [0.05, 0.1) is 17.3 Å². The number of hydrogen-bond acceptors (Lipinski definition) is 4. The smallest absolute Gasteiger partial charge is 0.253 e. The van der Waals surface area contributed by atoms with Gasteiger partial charge in [-0.1, -0.05) is 12.1 Å². The van der Waals surface area contributed by atoms with Crippen LogP contribution in [0.3, 0.4) is 0 Å². The van der Waals surface area contributed by atoms with Crippen LogP contribution in [-0.4, -0.2) is 32.6 Å². The fourth-order valence-electron chi connectivity index (χ4n) is 2.35. The lowest BCUT2D eigenvalue weighted by molar-refractivity contribution is 0.0785. The van der Waals surface area contributed by atoms with Gasteiger partial charge in [0.25, 0.3) is 5.91 Å². The molecular formula is C18H15N5O. The summed E-state index contributed by atoms with van der Waals surface area (Å²) in [6.45, 7) is 0.482. The first-order chi connectivity index (χ1) is 11.7. The summed E-state index contributed by atoms with van der Waals surface area (Å²) in [5.74, 6) is -0.0653. The van der Waals surface area contributed by atoms with Crippen molar-refractivity contribution in [2.45, 2.75) is 6.54 Å². The van der Waals surface area contributed by atoms with E-state index in [0.717, 1.165) is 11.3 Å². The third-order valence-electron chi connectivity index (χ3n) is 3.65. The molecule has 0 unspecified atom stereocenters. The number of nitriles is 1. The molecule has 118 valence electrons. The maximum absolute atomic E-state index is 12.5. The van der Waals surface area contributed by atoms with Crippen LogP contribution in [-0.2, 0) is 6.54 Å². The maximum Gasteiger partial charge on any atom is 0.253 e. The minimum absolute atomic E-state index is 0.0653. The van der Waals surface area contributed by atoms with Gasteiger partial charge in [0.15, 0.2) is 0 Å². The maximum atomic E-state index is 12.5. The number of amides is 1. The van der Waals surface area contributed by atoms with E-state index in [4.69, 9.17) is 5.26 Å². The van der Waals surface area contributed by atoms with Gasteiger partial charge in [-0.15, -0.1) is 0 Å². The molecule has 1 amide bonds. The Bertz CT molecular complexity index is 861. The Labute approximate surface area is 139 Å². The van der Waals surface area contributed by atoms with Crippen molar-refractivity contribution in [1.29, 1.82) is 5.26 Å². The minimum atomic E-state index is -0.0653. The summed E-state index contributed by atoms with van der Waals surface area (Å²) >= 11 is 0. The monoisotopic (exact) mass is 317 g/mol. The van der Waals surface area contributed by atoms with Gasteiger partial charge < -0.3 is 4.90 Å². The normalized spacial score (nSPS) is 10.2. The molecule has 2 aromatic carbocycles. The van der Waals surface area contributed by atoms with Crippen LogP contribution >= 0.6 is 0 Å². The van der Waals surface area contributed by atoms with Crippen LogP contribution in [0.1, 0.15) is 21.5 Å². The lowest BCUT2D eigenvalue weighted by atomic mass is 10.1. The molecule has 0 fully saturated rings. The Morgan fingerprint density at radius 3 is 2.46 bits per heavy atom. The summed E-state index contributed by atoms with van der Waals surface area (Å²) in [5, 5.41) is 12.9. The van der Waals surface area contributed by atoms with E-state index in [1.807, 2.05) is 24.3 Å². The van der Waals surface area contributed by atoms with E-state index in [9.17, 15) is 4.79 Å². The number of nitrogens with zero attached hydrogens (tertiary/aromatic N) is 5. The van der Waals surface area contributed by atoms with Gasteiger partial charge in [-0.2, -0.15) is 10.4 Å². The topological polar surface area (TPSA) is 74.8 Å². The van der Waals surface area contributed by atoms with Crippen LogP contribution in [0.5, 0.6) is 0 Å². The predicted octanol–water partition coefficient (Wildman–Crippen LogP) is 2.41. The summed E-state index contributed by atoms with van der Waals surface area (Å²) in [5.41, 5.74) is 3.04. The summed E-state index contributed by atoms with van der Waals surface area (Å²) in [7, 11) is 1.76. The molecule has 0 radical (unpaired) electrons. The second-order valence-corrected chi connectivity index (χ2v) is 5.36. The van der Waals surface area contributed by atoms with E-state index in [2.05, 4.69) is 16.2 Å². The fraction of sp³-hybridized carbons (Fsp3) is 0.111. The van der Waals surface area contributed by atoms with Crippen molar-refractivity contribution in [3.63, 3.8) is 0 Å². The van der Waals surface area contributed by atoms with E-state index >= 15 is 0 Å². The predicted molar refractivity (Wildman–Crippen MR) is 88.3 cm³/mol. The second kappa shape index (κ2) is 6.75. The van der Waals surface area contributed by atoms with Gasteiger partial charge in [0, 0.05) is 19.2 Å². The molecular weight excluding hydrogens is 302 g/mol. The number of hydrogen-bond donors (Lipinski definition) is 0. The van der Waals surface area contributed by atoms with Crippen LogP contribution in [0.15, 0.2) is 61.2 Å². The molecule has 0 N–H and O–H groups in total. The number of carbonyl (C=O) groups excluding carboxylic acids is 1. The highest BCUT2D eigenvalue weighted by Gasteiger charge is 2.12. The van der Waals surface area contributed by atoms with Crippen LogP contribution in [0.2, 0.25) is 0 Å². The van der Waals surface area contributed by atoms with Gasteiger partial charge in [0.1, 0.15) is 12.7 Å². The average Bonchev–Trinajstić information content (AvgIpc) is 3.16. The van der Waals surface area contributed by atoms with Crippen molar-refractivity contribution in [1.82, 2.24) is 19.7 Å². The zero-order valence-electron chi connectivity index (χ0n) is 13.1. The first-order valence-electron chi connectivity index (χ1n) is 7.37. The van der Waals surface area contributed by atoms with Crippen molar-refractivity contribution in [3.8, 4) is 11.8 Å². The number of benzene rings is 2. The van der Waals surface area contributed by atoms with Crippen LogP contribution < -0.4 is 0 Å². The van der Waals surface area contributed by atoms with Gasteiger partial charge in [-0.3, -0.25) is 4.79 Å². The highest BCUT2D eigenvalue weighted by Crippen LogP contribution is 2.12. The highest BCUT2D eigenvalue weighted by molar-refractivity contribution is 5.94. The molecule has 6 heteroatoms. The van der Waals surface area contributed by atoms with Gasteiger partial charge in [0.2, 0.25) is 0 Å². The number of rotatable bonds is 4. The largest absolute Gasteiger partial charge is 0.337 e. The molecule has 0 aliphatic rings. The SMILES string of the molecule is CN(Cc1ccc(C#N)cc1)C(=O)c1ccc(-n2cncn2)cc1. The van der Waals surface area contributed by atoms with Crippen molar-refractivity contribution in [2.24, 2.45) is 0 Å². The van der Waals surface area contributed by atoms with Crippen molar-refractivity contribution < 1.29 is 4.79 Å². The molecule has 3 aromatic rings. The summed E-state index contributed by atoms with van der Waals surface area (Å²) < 4.78 is 1.63. The Morgan fingerprint density at radius 2 is 1.88 bits per heavy atom. The molecule has 0 aliphatic carbocycles. The quantitative estimate of drug-likeness (QED) is 0.740. The summed E-state index contributed by atoms with van der Waals surface area (Å²) in [6.07, 6.45) is 3.07. The third-order valence-corrected chi connectivity index (χ3v) is 3.65. The first-order valence-corrected chi connectivity index (χ1v) is 7.37. The summed E-state index contributed by atoms with van der Waals surface area (Å²) in [4.78, 5) is 18.1. The van der Waals surface area contributed by atoms with Crippen molar-refractivity contribution in [3.05, 3.63) is 77.9 Å². The van der Waals surface area contributed by atoms with Crippen molar-refractivity contribution in [2.75, 3.05) is 7.05 Å². The lowest BCUT2D eigenvalue weighted by Crippen LogP contribution is -2.26. The molecule has 0 spiro atoms.